The van der Waals surface area contributed by atoms with E-state index in [4.69, 9.17) is 9.63 Å². The van der Waals surface area contributed by atoms with Crippen molar-refractivity contribution in [3.05, 3.63) is 23.5 Å². The van der Waals surface area contributed by atoms with Gasteiger partial charge in [-0.05, 0) is 0 Å². The first kappa shape index (κ1) is 13.6. The lowest BCUT2D eigenvalue weighted by molar-refractivity contribution is 0.278. The van der Waals surface area contributed by atoms with Crippen LogP contribution >= 0.6 is 0 Å². The number of nitrogens with one attached hydrogen (secondary N) is 2. The minimum absolute atomic E-state index is 0.116. The molecule has 0 aliphatic carbocycles. The molecule has 2 heterocycles. The number of hydrogen-bond donors (Lipinski definition) is 3. The summed E-state index contributed by atoms with van der Waals surface area (Å²) in [7, 11) is -3.74. The fraction of sp³-hybridized carbons (Fsp3) is 0.444. The van der Waals surface area contributed by atoms with Crippen LogP contribution in [-0.2, 0) is 23.1 Å². The molecule has 0 fully saturated rings. The molecule has 0 unspecified atom stereocenters. The molecule has 0 atom stereocenters. The smallest absolute Gasteiger partial charge is 0.257 e. The van der Waals surface area contributed by atoms with E-state index in [2.05, 4.69) is 25.1 Å². The summed E-state index contributed by atoms with van der Waals surface area (Å²) < 4.78 is 31.0. The third-order valence-electron chi connectivity index (χ3n) is 2.33. The predicted octanol–water partition coefficient (Wildman–Crippen LogP) is -0.886. The standard InChI is InChI=1S/C9H13N5O4S/c1-6-12-8(14-18-6)2-3-11-19(16,17)9-7(5-15)4-10-13-9/h4,11,15H,2-3,5H2,1H3,(H,10,13). The number of nitrogens with zero attached hydrogens (tertiary/aromatic N) is 3. The van der Waals surface area contributed by atoms with Crippen molar-refractivity contribution in [1.29, 1.82) is 0 Å². The molecule has 3 N–H and O–H groups in total. The SMILES string of the molecule is Cc1nc(CCNS(=O)(=O)c2[nH]ncc2CO)no1. The third kappa shape index (κ3) is 3.16. The first-order valence-electron chi connectivity index (χ1n) is 5.45. The highest BCUT2D eigenvalue weighted by Gasteiger charge is 2.20. The first-order chi connectivity index (χ1) is 9.03. The molecule has 0 aliphatic rings. The molecule has 0 aliphatic heterocycles. The normalized spacial score (nSPS) is 11.9. The van der Waals surface area contributed by atoms with Crippen LogP contribution in [0.5, 0.6) is 0 Å². The highest BCUT2D eigenvalue weighted by atomic mass is 32.2. The lowest BCUT2D eigenvalue weighted by Crippen LogP contribution is -2.27. The number of aliphatic hydroxyl groups excluding tert-OH is 1. The maximum Gasteiger partial charge on any atom is 0.257 e. The van der Waals surface area contributed by atoms with Crippen molar-refractivity contribution in [2.75, 3.05) is 6.54 Å². The Morgan fingerprint density at radius 3 is 2.95 bits per heavy atom. The van der Waals surface area contributed by atoms with Crippen LogP contribution in [0.25, 0.3) is 0 Å². The Hall–Kier alpha value is -1.78. The second-order valence-electron chi connectivity index (χ2n) is 3.76. The van der Waals surface area contributed by atoms with Gasteiger partial charge in [-0.25, -0.2) is 13.1 Å². The van der Waals surface area contributed by atoms with Crippen LogP contribution in [0.1, 0.15) is 17.3 Å². The molecular weight excluding hydrogens is 274 g/mol. The van der Waals surface area contributed by atoms with Gasteiger partial charge in [-0.15, -0.1) is 0 Å². The van der Waals surface area contributed by atoms with Crippen LogP contribution in [0.15, 0.2) is 15.7 Å². The highest BCUT2D eigenvalue weighted by molar-refractivity contribution is 7.89. The average molecular weight is 287 g/mol. The second-order valence-corrected chi connectivity index (χ2v) is 5.46. The van der Waals surface area contributed by atoms with Crippen LogP contribution < -0.4 is 4.72 Å². The largest absolute Gasteiger partial charge is 0.392 e. The minimum atomic E-state index is -3.74. The summed E-state index contributed by atoms with van der Waals surface area (Å²) in [6.45, 7) is 1.36. The fourth-order valence-electron chi connectivity index (χ4n) is 1.46. The topological polar surface area (TPSA) is 134 Å². The Morgan fingerprint density at radius 1 is 1.53 bits per heavy atom. The van der Waals surface area contributed by atoms with E-state index in [1.165, 1.54) is 6.20 Å². The molecule has 0 saturated carbocycles. The zero-order valence-corrected chi connectivity index (χ0v) is 10.9. The number of hydrogen-bond acceptors (Lipinski definition) is 7. The van der Waals surface area contributed by atoms with Gasteiger partial charge in [0.2, 0.25) is 5.89 Å². The zero-order valence-electron chi connectivity index (χ0n) is 10.1. The predicted molar refractivity (Wildman–Crippen MR) is 62.4 cm³/mol. The summed E-state index contributed by atoms with van der Waals surface area (Å²) >= 11 is 0. The second kappa shape index (κ2) is 5.47. The van der Waals surface area contributed by atoms with E-state index in [1.54, 1.807) is 6.92 Å². The molecule has 9 nitrogen and oxygen atoms in total. The number of rotatable bonds is 6. The van der Waals surface area contributed by atoms with Gasteiger partial charge in [0.1, 0.15) is 0 Å². The minimum Gasteiger partial charge on any atom is -0.392 e. The third-order valence-corrected chi connectivity index (χ3v) is 3.80. The Bertz CT molecular complexity index is 647. The van der Waals surface area contributed by atoms with Gasteiger partial charge in [0.15, 0.2) is 10.9 Å². The molecule has 0 saturated heterocycles. The molecule has 0 bridgehead atoms. The summed E-state index contributed by atoms with van der Waals surface area (Å²) in [5, 5.41) is 18.4. The van der Waals surface area contributed by atoms with Crippen LogP contribution in [-0.4, -0.2) is 40.4 Å². The molecule has 0 spiro atoms. The van der Waals surface area contributed by atoms with E-state index in [-0.39, 0.29) is 17.1 Å². The van der Waals surface area contributed by atoms with Crippen molar-refractivity contribution in [3.8, 4) is 0 Å². The molecule has 2 aromatic heterocycles. The van der Waals surface area contributed by atoms with Gasteiger partial charge in [-0.3, -0.25) is 5.10 Å². The summed E-state index contributed by atoms with van der Waals surface area (Å²) in [6.07, 6.45) is 1.57. The number of aromatic nitrogens is 4. The Balaban J connectivity index is 1.98. The van der Waals surface area contributed by atoms with Crippen molar-refractivity contribution in [2.24, 2.45) is 0 Å². The molecule has 19 heavy (non-hydrogen) atoms. The molecule has 0 amide bonds. The van der Waals surface area contributed by atoms with Gasteiger partial charge in [-0.2, -0.15) is 10.1 Å². The molecule has 2 aromatic rings. The maximum absolute atomic E-state index is 11.9. The highest BCUT2D eigenvalue weighted by Crippen LogP contribution is 2.11. The maximum atomic E-state index is 11.9. The lowest BCUT2D eigenvalue weighted by atomic mass is 10.4. The summed E-state index contributed by atoms with van der Waals surface area (Å²) in [5.74, 6) is 0.848. The van der Waals surface area contributed by atoms with Crippen molar-refractivity contribution in [2.45, 2.75) is 25.0 Å². The van der Waals surface area contributed by atoms with E-state index in [0.29, 0.717) is 18.1 Å². The molecular formula is C9H13N5O4S. The lowest BCUT2D eigenvalue weighted by Gasteiger charge is -2.04. The Kier molecular flexibility index (Phi) is 3.93. The summed E-state index contributed by atoms with van der Waals surface area (Å²) in [4.78, 5) is 3.95. The van der Waals surface area contributed by atoms with Gasteiger partial charge in [0.25, 0.3) is 10.0 Å². The summed E-state index contributed by atoms with van der Waals surface area (Å²) in [6, 6.07) is 0. The van der Waals surface area contributed by atoms with Crippen LogP contribution in [0.4, 0.5) is 0 Å². The quantitative estimate of drug-likeness (QED) is 0.627. The zero-order chi connectivity index (χ0) is 13.9. The molecule has 104 valence electrons. The number of aryl methyl sites for hydroxylation is 1. The van der Waals surface area contributed by atoms with Gasteiger partial charge in [0.05, 0.1) is 12.8 Å². The van der Waals surface area contributed by atoms with E-state index >= 15 is 0 Å². The summed E-state index contributed by atoms with van der Waals surface area (Å²) in [5.41, 5.74) is 0.211. The van der Waals surface area contributed by atoms with Crippen molar-refractivity contribution in [3.63, 3.8) is 0 Å². The average Bonchev–Trinajstić information content (AvgIpc) is 2.97. The van der Waals surface area contributed by atoms with Crippen LogP contribution in [0.3, 0.4) is 0 Å². The van der Waals surface area contributed by atoms with E-state index < -0.39 is 16.6 Å². The molecule has 10 heteroatoms. The fourth-order valence-corrected chi connectivity index (χ4v) is 2.61. The Labute approximate surface area is 109 Å². The molecule has 0 aromatic carbocycles. The number of aromatic amines is 1. The van der Waals surface area contributed by atoms with E-state index in [1.807, 2.05) is 0 Å². The van der Waals surface area contributed by atoms with Gasteiger partial charge in [0, 0.05) is 25.5 Å². The van der Waals surface area contributed by atoms with Gasteiger partial charge >= 0.3 is 0 Å². The number of H-pyrrole nitrogens is 1. The van der Waals surface area contributed by atoms with Gasteiger partial charge in [-0.1, -0.05) is 5.16 Å². The van der Waals surface area contributed by atoms with Crippen molar-refractivity contribution < 1.29 is 18.0 Å². The van der Waals surface area contributed by atoms with Crippen molar-refractivity contribution >= 4 is 10.0 Å². The van der Waals surface area contributed by atoms with E-state index in [9.17, 15) is 8.42 Å². The monoisotopic (exact) mass is 287 g/mol. The van der Waals surface area contributed by atoms with Crippen LogP contribution in [0.2, 0.25) is 0 Å². The molecule has 2 rings (SSSR count). The Morgan fingerprint density at radius 2 is 2.32 bits per heavy atom. The van der Waals surface area contributed by atoms with Gasteiger partial charge < -0.3 is 9.63 Å². The molecule has 0 radical (unpaired) electrons. The van der Waals surface area contributed by atoms with E-state index in [0.717, 1.165) is 0 Å². The van der Waals surface area contributed by atoms with Crippen LogP contribution in [0, 0.1) is 6.92 Å². The number of sulfonamides is 1. The number of aliphatic hydroxyl groups is 1. The van der Waals surface area contributed by atoms with Crippen molar-refractivity contribution in [1.82, 2.24) is 25.1 Å². The first-order valence-corrected chi connectivity index (χ1v) is 6.93.